The van der Waals surface area contributed by atoms with E-state index >= 15 is 0 Å². The highest BCUT2D eigenvalue weighted by atomic mass is 32.2. The molecule has 2 aromatic carbocycles. The Morgan fingerprint density at radius 3 is 2.00 bits per heavy atom. The van der Waals surface area contributed by atoms with E-state index in [-0.39, 0.29) is 5.91 Å². The number of benzene rings is 2. The van der Waals surface area contributed by atoms with Crippen LogP contribution in [0.15, 0.2) is 53.4 Å². The van der Waals surface area contributed by atoms with Crippen LogP contribution in [0.2, 0.25) is 0 Å². The summed E-state index contributed by atoms with van der Waals surface area (Å²) >= 11 is 0. The van der Waals surface area contributed by atoms with Crippen LogP contribution in [0.1, 0.15) is 36.0 Å². The molecule has 33 heavy (non-hydrogen) atoms. The topological polar surface area (TPSA) is 64.2 Å². The molecule has 3 fully saturated rings. The van der Waals surface area contributed by atoms with Crippen LogP contribution in [0, 0.1) is 0 Å². The predicted octanol–water partition coefficient (Wildman–Crippen LogP) is 3.03. The molecule has 176 valence electrons. The van der Waals surface area contributed by atoms with Gasteiger partial charge in [-0.25, -0.2) is 8.42 Å². The van der Waals surface area contributed by atoms with Crippen LogP contribution in [0.5, 0.6) is 0 Å². The fourth-order valence-corrected chi connectivity index (χ4v) is 6.88. The molecule has 3 aliphatic heterocycles. The first-order valence-electron chi connectivity index (χ1n) is 12.0. The molecule has 2 aromatic rings. The van der Waals surface area contributed by atoms with Gasteiger partial charge in [-0.1, -0.05) is 18.2 Å². The SMILES string of the molecule is O=C(c1ccc(N2CCCC2)c(S(=O)(=O)N2CCCC2)c1)N1CCN(c2ccccc2)CC1. The molecular formula is C25H32N4O3S. The maximum Gasteiger partial charge on any atom is 0.254 e. The van der Waals surface area contributed by atoms with E-state index in [1.165, 1.54) is 5.69 Å². The molecule has 8 heteroatoms. The number of sulfonamides is 1. The zero-order chi connectivity index (χ0) is 22.8. The molecule has 0 aliphatic carbocycles. The summed E-state index contributed by atoms with van der Waals surface area (Å²) in [6.45, 7) is 5.60. The van der Waals surface area contributed by atoms with Crippen molar-refractivity contribution in [2.75, 3.05) is 62.2 Å². The minimum absolute atomic E-state index is 0.0893. The summed E-state index contributed by atoms with van der Waals surface area (Å²) in [5.41, 5.74) is 2.37. The Morgan fingerprint density at radius 1 is 0.697 bits per heavy atom. The molecule has 0 bridgehead atoms. The number of carbonyl (C=O) groups excluding carboxylic acids is 1. The molecule has 0 atom stereocenters. The zero-order valence-electron chi connectivity index (χ0n) is 19.0. The average Bonchev–Trinajstić information content (AvgIpc) is 3.59. The number of carbonyl (C=O) groups is 1. The van der Waals surface area contributed by atoms with Crippen LogP contribution < -0.4 is 9.80 Å². The molecule has 0 saturated carbocycles. The number of piperazine rings is 1. The standard InChI is InChI=1S/C25H32N4O3S/c30-25(28-18-16-26(17-19-28)22-8-2-1-3-9-22)21-10-11-23(27-12-4-5-13-27)24(20-21)33(31,32)29-14-6-7-15-29/h1-3,8-11,20H,4-7,12-19H2. The molecular weight excluding hydrogens is 436 g/mol. The maximum absolute atomic E-state index is 13.5. The number of para-hydroxylation sites is 1. The molecule has 0 radical (unpaired) electrons. The van der Waals surface area contributed by atoms with Crippen molar-refractivity contribution in [1.29, 1.82) is 0 Å². The van der Waals surface area contributed by atoms with Crippen molar-refractivity contribution in [3.05, 3.63) is 54.1 Å². The lowest BCUT2D eigenvalue weighted by molar-refractivity contribution is 0.0746. The Labute approximate surface area is 196 Å². The first-order valence-corrected chi connectivity index (χ1v) is 13.5. The third-order valence-electron chi connectivity index (χ3n) is 7.02. The Morgan fingerprint density at radius 2 is 1.33 bits per heavy atom. The van der Waals surface area contributed by atoms with Crippen LogP contribution >= 0.6 is 0 Å². The number of rotatable bonds is 5. The highest BCUT2D eigenvalue weighted by Crippen LogP contribution is 2.33. The monoisotopic (exact) mass is 468 g/mol. The van der Waals surface area contributed by atoms with Gasteiger partial charge in [0.25, 0.3) is 5.91 Å². The van der Waals surface area contributed by atoms with Gasteiger partial charge in [0.15, 0.2) is 0 Å². The summed E-state index contributed by atoms with van der Waals surface area (Å²) in [6, 6.07) is 15.5. The quantitative estimate of drug-likeness (QED) is 0.675. The molecule has 3 heterocycles. The molecule has 3 aliphatic rings. The second kappa shape index (κ2) is 9.35. The van der Waals surface area contributed by atoms with Crippen molar-refractivity contribution in [3.8, 4) is 0 Å². The smallest absolute Gasteiger partial charge is 0.254 e. The average molecular weight is 469 g/mol. The fraction of sp³-hybridized carbons (Fsp3) is 0.480. The summed E-state index contributed by atoms with van der Waals surface area (Å²) in [5.74, 6) is -0.0893. The third-order valence-corrected chi connectivity index (χ3v) is 8.95. The second-order valence-corrected chi connectivity index (χ2v) is 11.0. The van der Waals surface area contributed by atoms with Gasteiger partial charge >= 0.3 is 0 Å². The van der Waals surface area contributed by atoms with E-state index in [9.17, 15) is 13.2 Å². The summed E-state index contributed by atoms with van der Waals surface area (Å²) in [5, 5.41) is 0. The van der Waals surface area contributed by atoms with Gasteiger partial charge in [-0.05, 0) is 56.0 Å². The predicted molar refractivity (Wildman–Crippen MR) is 130 cm³/mol. The second-order valence-electron chi connectivity index (χ2n) is 9.10. The Balaban J connectivity index is 1.38. The van der Waals surface area contributed by atoms with Crippen molar-refractivity contribution in [2.24, 2.45) is 0 Å². The fourth-order valence-electron chi connectivity index (χ4n) is 5.13. The summed E-state index contributed by atoms with van der Waals surface area (Å²) in [6.07, 6.45) is 3.91. The summed E-state index contributed by atoms with van der Waals surface area (Å²) < 4.78 is 28.6. The first kappa shape index (κ1) is 22.2. The molecule has 0 aromatic heterocycles. The van der Waals surface area contributed by atoms with Gasteiger partial charge in [0, 0.05) is 63.6 Å². The molecule has 7 nitrogen and oxygen atoms in total. The van der Waals surface area contributed by atoms with Crippen molar-refractivity contribution in [3.63, 3.8) is 0 Å². The molecule has 5 rings (SSSR count). The van der Waals surface area contributed by atoms with Crippen LogP contribution in [0.25, 0.3) is 0 Å². The highest BCUT2D eigenvalue weighted by molar-refractivity contribution is 7.89. The van der Waals surface area contributed by atoms with Crippen LogP contribution in [-0.4, -0.2) is 75.9 Å². The number of anilines is 2. The molecule has 0 spiro atoms. The normalized spacial score (nSPS) is 19.9. The third kappa shape index (κ3) is 4.46. The Kier molecular flexibility index (Phi) is 6.29. The van der Waals surface area contributed by atoms with Gasteiger partial charge in [0.2, 0.25) is 10.0 Å². The summed E-state index contributed by atoms with van der Waals surface area (Å²) in [7, 11) is -3.63. The van der Waals surface area contributed by atoms with Gasteiger partial charge in [-0.15, -0.1) is 0 Å². The van der Waals surface area contributed by atoms with Gasteiger partial charge in [-0.3, -0.25) is 4.79 Å². The van der Waals surface area contributed by atoms with Gasteiger partial charge < -0.3 is 14.7 Å². The van der Waals surface area contributed by atoms with E-state index in [0.29, 0.717) is 36.6 Å². The van der Waals surface area contributed by atoms with Gasteiger partial charge in [-0.2, -0.15) is 4.31 Å². The number of nitrogens with zero attached hydrogens (tertiary/aromatic N) is 4. The van der Waals surface area contributed by atoms with E-state index in [1.54, 1.807) is 10.4 Å². The number of amides is 1. The van der Waals surface area contributed by atoms with Gasteiger partial charge in [0.05, 0.1) is 5.69 Å². The largest absolute Gasteiger partial charge is 0.370 e. The van der Waals surface area contributed by atoms with Crippen molar-refractivity contribution in [2.45, 2.75) is 30.6 Å². The highest BCUT2D eigenvalue weighted by Gasteiger charge is 2.33. The minimum Gasteiger partial charge on any atom is -0.370 e. The first-order chi connectivity index (χ1) is 16.0. The molecule has 0 unspecified atom stereocenters. The van der Waals surface area contributed by atoms with E-state index < -0.39 is 10.0 Å². The van der Waals surface area contributed by atoms with Crippen molar-refractivity contribution in [1.82, 2.24) is 9.21 Å². The lowest BCUT2D eigenvalue weighted by atomic mass is 10.1. The van der Waals surface area contributed by atoms with E-state index in [4.69, 9.17) is 0 Å². The van der Waals surface area contributed by atoms with Crippen LogP contribution in [-0.2, 0) is 10.0 Å². The number of hydrogen-bond donors (Lipinski definition) is 0. The number of hydrogen-bond acceptors (Lipinski definition) is 5. The molecule has 0 N–H and O–H groups in total. The zero-order valence-corrected chi connectivity index (χ0v) is 19.8. The van der Waals surface area contributed by atoms with E-state index in [2.05, 4.69) is 21.9 Å². The van der Waals surface area contributed by atoms with Crippen molar-refractivity contribution < 1.29 is 13.2 Å². The van der Waals surface area contributed by atoms with Crippen LogP contribution in [0.3, 0.4) is 0 Å². The van der Waals surface area contributed by atoms with E-state index in [1.807, 2.05) is 35.2 Å². The minimum atomic E-state index is -3.63. The Hall–Kier alpha value is -2.58. The summed E-state index contributed by atoms with van der Waals surface area (Å²) in [4.78, 5) is 19.9. The van der Waals surface area contributed by atoms with Crippen molar-refractivity contribution >= 4 is 27.3 Å². The van der Waals surface area contributed by atoms with E-state index in [0.717, 1.165) is 57.5 Å². The molecule has 1 amide bonds. The maximum atomic E-state index is 13.5. The lowest BCUT2D eigenvalue weighted by Gasteiger charge is -2.36. The van der Waals surface area contributed by atoms with Crippen LogP contribution in [0.4, 0.5) is 11.4 Å². The lowest BCUT2D eigenvalue weighted by Crippen LogP contribution is -2.48. The Bertz CT molecular complexity index is 1090. The molecule has 3 saturated heterocycles. The van der Waals surface area contributed by atoms with Gasteiger partial charge in [0.1, 0.15) is 4.90 Å².